The van der Waals surface area contributed by atoms with Crippen LogP contribution in [0.4, 0.5) is 5.00 Å². The van der Waals surface area contributed by atoms with E-state index in [0.29, 0.717) is 5.56 Å². The normalized spacial score (nSPS) is 10.7. The second-order valence-electron chi connectivity index (χ2n) is 5.41. The van der Waals surface area contributed by atoms with Crippen molar-refractivity contribution in [2.24, 2.45) is 12.8 Å². The number of ether oxygens (including phenoxy) is 1. The van der Waals surface area contributed by atoms with Gasteiger partial charge < -0.3 is 15.8 Å². The molecule has 0 aliphatic rings. The molecule has 0 atom stereocenters. The number of aromatic nitrogens is 2. The molecule has 128 valence electrons. The van der Waals surface area contributed by atoms with E-state index in [2.05, 4.69) is 10.4 Å². The van der Waals surface area contributed by atoms with Crippen LogP contribution >= 0.6 is 11.3 Å². The molecule has 0 saturated heterocycles. The number of aryl methyl sites for hydroxylation is 1. The first kappa shape index (κ1) is 17.7. The maximum absolute atomic E-state index is 12.3. The number of nitrogens with zero attached hydrogens (tertiary/aromatic N) is 2. The zero-order valence-corrected chi connectivity index (χ0v) is 14.6. The third kappa shape index (κ3) is 3.62. The number of rotatable bonds is 5. The van der Waals surface area contributed by atoms with Crippen molar-refractivity contribution in [1.82, 2.24) is 9.78 Å². The van der Waals surface area contributed by atoms with Crippen LogP contribution in [0.2, 0.25) is 0 Å². The molecule has 0 fully saturated rings. The summed E-state index contributed by atoms with van der Waals surface area (Å²) in [6.45, 7) is 5.01. The lowest BCUT2D eigenvalue weighted by Crippen LogP contribution is -2.17. The van der Waals surface area contributed by atoms with Crippen LogP contribution in [0.1, 0.15) is 49.9 Å². The van der Waals surface area contributed by atoms with Gasteiger partial charge in [-0.15, -0.1) is 11.3 Å². The summed E-state index contributed by atoms with van der Waals surface area (Å²) in [5, 5.41) is 6.81. The van der Waals surface area contributed by atoms with E-state index in [9.17, 15) is 14.4 Å². The summed E-state index contributed by atoms with van der Waals surface area (Å²) in [5.74, 6) is -1.79. The Hall–Kier alpha value is -2.68. The number of thiophene rings is 1. The van der Waals surface area contributed by atoms with Gasteiger partial charge in [-0.3, -0.25) is 14.3 Å². The largest absolute Gasteiger partial charge is 0.459 e. The van der Waals surface area contributed by atoms with Gasteiger partial charge in [-0.05, 0) is 32.4 Å². The van der Waals surface area contributed by atoms with Gasteiger partial charge in [0.25, 0.3) is 11.8 Å². The summed E-state index contributed by atoms with van der Waals surface area (Å²) in [6.07, 6.45) is 1.28. The third-order valence-electron chi connectivity index (χ3n) is 3.09. The van der Waals surface area contributed by atoms with Gasteiger partial charge in [-0.1, -0.05) is 0 Å². The second-order valence-corrected chi connectivity index (χ2v) is 6.43. The number of nitrogens with two attached hydrogens (primary N) is 1. The fraction of sp³-hybridized carbons (Fsp3) is 0.333. The topological polar surface area (TPSA) is 116 Å². The lowest BCUT2D eigenvalue weighted by molar-refractivity contribution is 0.0379. The molecule has 9 heteroatoms. The monoisotopic (exact) mass is 350 g/mol. The first-order valence-electron chi connectivity index (χ1n) is 7.15. The summed E-state index contributed by atoms with van der Waals surface area (Å²) < 4.78 is 6.67. The van der Waals surface area contributed by atoms with Crippen LogP contribution in [0.3, 0.4) is 0 Å². The Kier molecular flexibility index (Phi) is 5.03. The van der Waals surface area contributed by atoms with Crippen molar-refractivity contribution in [3.8, 4) is 0 Å². The minimum atomic E-state index is -0.672. The molecule has 8 nitrogen and oxygen atoms in total. The molecule has 2 amide bonds. The van der Waals surface area contributed by atoms with Crippen molar-refractivity contribution in [2.45, 2.75) is 26.9 Å². The predicted molar refractivity (Wildman–Crippen MR) is 89.3 cm³/mol. The smallest absolute Gasteiger partial charge is 0.341 e. The highest BCUT2D eigenvalue weighted by atomic mass is 32.1. The van der Waals surface area contributed by atoms with E-state index in [4.69, 9.17) is 10.5 Å². The molecule has 2 aromatic heterocycles. The van der Waals surface area contributed by atoms with Crippen molar-refractivity contribution < 1.29 is 19.1 Å². The van der Waals surface area contributed by atoms with Gasteiger partial charge in [0, 0.05) is 13.2 Å². The van der Waals surface area contributed by atoms with Gasteiger partial charge in [0.1, 0.15) is 5.00 Å². The number of hydrogen-bond donors (Lipinski definition) is 2. The summed E-state index contributed by atoms with van der Waals surface area (Å²) in [6, 6.07) is 1.54. The molecule has 0 aliphatic heterocycles. The fourth-order valence-electron chi connectivity index (χ4n) is 2.06. The highest BCUT2D eigenvalue weighted by molar-refractivity contribution is 7.18. The highest BCUT2D eigenvalue weighted by Crippen LogP contribution is 2.34. The molecule has 0 aromatic carbocycles. The first-order valence-corrected chi connectivity index (χ1v) is 7.97. The standard InChI is InChI=1S/C15H18N4O4S/c1-7(2)23-15(22)10-8(3)11(12(16)20)24-14(10)17-13(21)9-5-6-19(4)18-9/h5-7H,1-4H3,(H2,16,20)(H,17,21). The Labute approximate surface area is 142 Å². The number of esters is 1. The van der Waals surface area contributed by atoms with Crippen LogP contribution < -0.4 is 11.1 Å². The van der Waals surface area contributed by atoms with Gasteiger partial charge >= 0.3 is 5.97 Å². The van der Waals surface area contributed by atoms with Crippen LogP contribution in [-0.2, 0) is 11.8 Å². The molecule has 0 bridgehead atoms. The summed E-state index contributed by atoms with van der Waals surface area (Å²) >= 11 is 0.938. The minimum absolute atomic E-state index is 0.131. The molecule has 0 unspecified atom stereocenters. The summed E-state index contributed by atoms with van der Waals surface area (Å²) in [5.41, 5.74) is 6.04. The second kappa shape index (κ2) is 6.83. The van der Waals surface area contributed by atoms with E-state index in [1.54, 1.807) is 34.0 Å². The maximum Gasteiger partial charge on any atom is 0.341 e. The average molecular weight is 350 g/mol. The van der Waals surface area contributed by atoms with Crippen LogP contribution in [0.5, 0.6) is 0 Å². The van der Waals surface area contributed by atoms with Gasteiger partial charge in [-0.25, -0.2) is 4.79 Å². The molecule has 2 rings (SSSR count). The maximum atomic E-state index is 12.3. The van der Waals surface area contributed by atoms with Gasteiger partial charge in [0.05, 0.1) is 16.5 Å². The van der Waals surface area contributed by atoms with Crippen molar-refractivity contribution in [2.75, 3.05) is 5.32 Å². The Morgan fingerprint density at radius 2 is 2.04 bits per heavy atom. The van der Waals surface area contributed by atoms with E-state index in [0.717, 1.165) is 11.3 Å². The van der Waals surface area contributed by atoms with Crippen molar-refractivity contribution in [3.63, 3.8) is 0 Å². The molecule has 0 radical (unpaired) electrons. The zero-order chi connectivity index (χ0) is 18.0. The third-order valence-corrected chi connectivity index (χ3v) is 4.31. The van der Waals surface area contributed by atoms with Crippen molar-refractivity contribution in [3.05, 3.63) is 34.0 Å². The molecule has 0 saturated carbocycles. The number of amides is 2. The Morgan fingerprint density at radius 3 is 2.54 bits per heavy atom. The predicted octanol–water partition coefficient (Wildman–Crippen LogP) is 1.71. The number of nitrogens with one attached hydrogen (secondary N) is 1. The van der Waals surface area contributed by atoms with Crippen LogP contribution in [-0.4, -0.2) is 33.7 Å². The van der Waals surface area contributed by atoms with E-state index in [1.165, 1.54) is 10.7 Å². The number of carbonyl (C=O) groups is 3. The molecule has 24 heavy (non-hydrogen) atoms. The number of carbonyl (C=O) groups excluding carboxylic acids is 3. The number of anilines is 1. The van der Waals surface area contributed by atoms with E-state index >= 15 is 0 Å². The van der Waals surface area contributed by atoms with Gasteiger partial charge in [0.2, 0.25) is 0 Å². The van der Waals surface area contributed by atoms with Crippen LogP contribution in [0, 0.1) is 6.92 Å². The molecular formula is C15H18N4O4S. The van der Waals surface area contributed by atoms with E-state index in [1.807, 2.05) is 0 Å². The van der Waals surface area contributed by atoms with E-state index < -0.39 is 17.8 Å². The Morgan fingerprint density at radius 1 is 1.38 bits per heavy atom. The lowest BCUT2D eigenvalue weighted by atomic mass is 10.1. The SMILES string of the molecule is Cc1c(C(N)=O)sc(NC(=O)c2ccn(C)n2)c1C(=O)OC(C)C. The summed E-state index contributed by atoms with van der Waals surface area (Å²) in [4.78, 5) is 36.3. The minimum Gasteiger partial charge on any atom is -0.459 e. The van der Waals surface area contributed by atoms with Gasteiger partial charge in [-0.2, -0.15) is 5.10 Å². The molecule has 0 spiro atoms. The molecular weight excluding hydrogens is 332 g/mol. The van der Waals surface area contributed by atoms with Crippen LogP contribution in [0.15, 0.2) is 12.3 Å². The van der Waals surface area contributed by atoms with Gasteiger partial charge in [0.15, 0.2) is 5.69 Å². The lowest BCUT2D eigenvalue weighted by Gasteiger charge is -2.10. The number of primary amides is 1. The van der Waals surface area contributed by atoms with Crippen molar-refractivity contribution >= 4 is 34.1 Å². The first-order chi connectivity index (χ1) is 11.2. The average Bonchev–Trinajstić information content (AvgIpc) is 3.02. The molecule has 3 N–H and O–H groups in total. The Balaban J connectivity index is 2.40. The molecule has 2 aromatic rings. The zero-order valence-electron chi connectivity index (χ0n) is 13.7. The Bertz CT molecular complexity index is 807. The highest BCUT2D eigenvalue weighted by Gasteiger charge is 2.26. The summed E-state index contributed by atoms with van der Waals surface area (Å²) in [7, 11) is 1.68. The van der Waals surface area contributed by atoms with Crippen LogP contribution in [0.25, 0.3) is 0 Å². The van der Waals surface area contributed by atoms with E-state index in [-0.39, 0.29) is 27.2 Å². The quantitative estimate of drug-likeness (QED) is 0.796. The molecule has 0 aliphatic carbocycles. The molecule has 2 heterocycles. The number of hydrogen-bond acceptors (Lipinski definition) is 6. The fourth-order valence-corrected chi connectivity index (χ4v) is 3.10. The van der Waals surface area contributed by atoms with Crippen molar-refractivity contribution in [1.29, 1.82) is 0 Å².